The summed E-state index contributed by atoms with van der Waals surface area (Å²) in [4.78, 5) is 42.2. The highest BCUT2D eigenvalue weighted by molar-refractivity contribution is 6.31. The van der Waals surface area contributed by atoms with Gasteiger partial charge in [-0.1, -0.05) is 87.3 Å². The predicted molar refractivity (Wildman–Crippen MR) is 213 cm³/mol. The number of fused-ring (bicyclic) bond motifs is 2. The summed E-state index contributed by atoms with van der Waals surface area (Å²) in [6.07, 6.45) is 2.32. The lowest BCUT2D eigenvalue weighted by molar-refractivity contribution is -0.356. The molecule has 0 N–H and O–H groups in total. The van der Waals surface area contributed by atoms with Crippen molar-refractivity contribution in [2.45, 2.75) is 65.8 Å². The van der Waals surface area contributed by atoms with Crippen LogP contribution >= 0.6 is 23.2 Å². The van der Waals surface area contributed by atoms with Gasteiger partial charge in [0.15, 0.2) is 22.8 Å². The van der Waals surface area contributed by atoms with Crippen molar-refractivity contribution in [3.63, 3.8) is 0 Å². The molecular formula is C40H46Cl2N6O7. The number of ether oxygens (including phenoxy) is 4. The van der Waals surface area contributed by atoms with Gasteiger partial charge >= 0.3 is 12.2 Å². The number of nitrogens with zero attached hydrogens (tertiary/aromatic N) is 6. The molecule has 2 aliphatic rings. The third kappa shape index (κ3) is 8.03. The van der Waals surface area contributed by atoms with Crippen LogP contribution in [0.3, 0.4) is 0 Å². The van der Waals surface area contributed by atoms with Gasteiger partial charge in [-0.3, -0.25) is 9.13 Å². The topological polar surface area (TPSA) is 121 Å². The first-order chi connectivity index (χ1) is 26.4. The molecule has 0 bridgehead atoms. The Balaban J connectivity index is 1.41. The Hall–Kier alpha value is -4.66. The van der Waals surface area contributed by atoms with Crippen molar-refractivity contribution in [2.75, 3.05) is 28.4 Å². The number of para-hydroxylation sites is 2. The van der Waals surface area contributed by atoms with E-state index < -0.39 is 24.6 Å². The number of aliphatic imine (C=N–C) groups is 2. The van der Waals surface area contributed by atoms with Crippen molar-refractivity contribution in [2.24, 2.45) is 21.8 Å². The summed E-state index contributed by atoms with van der Waals surface area (Å²) in [7, 11) is 5.84. The van der Waals surface area contributed by atoms with E-state index in [-0.39, 0.29) is 35.0 Å². The molecule has 2 aliphatic heterocycles. The number of carbonyl (C=O) groups excluding carboxylic acids is 2. The van der Waals surface area contributed by atoms with Crippen molar-refractivity contribution in [3.8, 4) is 0 Å². The van der Waals surface area contributed by atoms with Crippen LogP contribution in [0.4, 0.5) is 9.59 Å². The van der Waals surface area contributed by atoms with E-state index in [4.69, 9.17) is 57.1 Å². The van der Waals surface area contributed by atoms with E-state index >= 15 is 0 Å². The van der Waals surface area contributed by atoms with E-state index in [0.717, 1.165) is 21.9 Å². The summed E-state index contributed by atoms with van der Waals surface area (Å²) >= 11 is 14.1. The van der Waals surface area contributed by atoms with Crippen LogP contribution < -0.4 is 0 Å². The highest BCUT2D eigenvalue weighted by Gasteiger charge is 2.41. The summed E-state index contributed by atoms with van der Waals surface area (Å²) in [6.45, 7) is 8.31. The number of hydrogen-bond acceptors (Lipinski definition) is 11. The standard InChI is InChI=1S/C40H46Cl2N6O7/c1-23(2)17-33-35(41)43-29(19-25-21-45(39(49)53-7)31-15-11-9-13-27(25)31)37(51-5)47(33)55-48-34(18-24(3)4)36(42)44-30(38(48)52-6)20-26-22-46(40(50)54-8)32-16-12-10-14-28(26)32/h9-16,21-24,37-38H,17-20H2,1-8H3. The zero-order chi connectivity index (χ0) is 39.6. The minimum atomic E-state index is -0.853. The predicted octanol–water partition coefficient (Wildman–Crippen LogP) is 8.82. The molecule has 2 atom stereocenters. The van der Waals surface area contributed by atoms with E-state index in [1.807, 2.05) is 48.5 Å². The molecule has 4 aromatic rings. The molecule has 6 rings (SSSR count). The molecule has 4 heterocycles. The third-order valence-corrected chi connectivity index (χ3v) is 9.99. The molecule has 0 spiro atoms. The van der Waals surface area contributed by atoms with Crippen LogP contribution in [0.2, 0.25) is 0 Å². The normalized spacial score (nSPS) is 17.9. The van der Waals surface area contributed by atoms with Crippen LogP contribution in [0.5, 0.6) is 0 Å². The second-order valence-corrected chi connectivity index (χ2v) is 14.9. The lowest BCUT2D eigenvalue weighted by Crippen LogP contribution is -2.53. The monoisotopic (exact) mass is 792 g/mol. The first-order valence-corrected chi connectivity index (χ1v) is 18.7. The number of halogens is 2. The molecule has 0 fully saturated rings. The number of hydrogen-bond donors (Lipinski definition) is 0. The zero-order valence-electron chi connectivity index (χ0n) is 32.2. The number of benzene rings is 2. The van der Waals surface area contributed by atoms with Gasteiger partial charge in [-0.05, 0) is 47.9 Å². The first-order valence-electron chi connectivity index (χ1n) is 18.0. The van der Waals surface area contributed by atoms with Crippen LogP contribution in [0.25, 0.3) is 21.8 Å². The number of methoxy groups -OCH3 is 4. The van der Waals surface area contributed by atoms with Crippen molar-refractivity contribution in [3.05, 3.63) is 93.8 Å². The number of rotatable bonds is 12. The molecule has 2 unspecified atom stereocenters. The highest BCUT2D eigenvalue weighted by atomic mass is 35.5. The minimum Gasteiger partial charge on any atom is -0.452 e. The van der Waals surface area contributed by atoms with Gasteiger partial charge in [0.2, 0.25) is 0 Å². The number of aromatic nitrogens is 2. The molecule has 0 amide bonds. The van der Waals surface area contributed by atoms with Crippen LogP contribution in [0.15, 0.2) is 92.6 Å². The van der Waals surface area contributed by atoms with Gasteiger partial charge in [0.1, 0.15) is 0 Å². The molecular weight excluding hydrogens is 747 g/mol. The Labute approximate surface area is 330 Å². The molecule has 55 heavy (non-hydrogen) atoms. The quantitative estimate of drug-likeness (QED) is 0.130. The van der Waals surface area contributed by atoms with E-state index in [1.54, 1.807) is 36.7 Å². The fraction of sp³-hybridized carbons (Fsp3) is 0.400. The largest absolute Gasteiger partial charge is 0.452 e. The van der Waals surface area contributed by atoms with Gasteiger partial charge in [0.05, 0.1) is 48.1 Å². The Morgan fingerprint density at radius 3 is 1.38 bits per heavy atom. The highest BCUT2D eigenvalue weighted by Crippen LogP contribution is 2.38. The lowest BCUT2D eigenvalue weighted by atomic mass is 10.0. The third-order valence-electron chi connectivity index (χ3n) is 9.39. The average molecular weight is 794 g/mol. The van der Waals surface area contributed by atoms with Crippen LogP contribution in [-0.2, 0) is 36.7 Å². The maximum Gasteiger partial charge on any atom is 0.418 e. The van der Waals surface area contributed by atoms with Crippen molar-refractivity contribution in [1.29, 1.82) is 0 Å². The molecule has 0 saturated carbocycles. The molecule has 292 valence electrons. The molecule has 15 heteroatoms. The SMILES string of the molecule is COC(=O)n1cc(CC2=NC(Cl)=C(CC(C)C)N(ON3C(CC(C)C)=C(Cl)N=C(Cc4cn(C(=O)OC)c5ccccc45)C3OC)C2OC)c2ccccc21. The van der Waals surface area contributed by atoms with Gasteiger partial charge in [0, 0.05) is 50.2 Å². The van der Waals surface area contributed by atoms with Crippen LogP contribution in [-0.4, -0.2) is 83.8 Å². The van der Waals surface area contributed by atoms with E-state index in [1.165, 1.54) is 23.4 Å². The lowest BCUT2D eigenvalue weighted by Gasteiger charge is -2.43. The average Bonchev–Trinajstić information content (AvgIpc) is 3.72. The van der Waals surface area contributed by atoms with Gasteiger partial charge in [-0.25, -0.2) is 19.6 Å². The Morgan fingerprint density at radius 1 is 0.655 bits per heavy atom. The molecule has 2 aromatic carbocycles. The summed E-state index contributed by atoms with van der Waals surface area (Å²) in [6, 6.07) is 15.1. The second-order valence-electron chi connectivity index (χ2n) is 14.2. The maximum absolute atomic E-state index is 12.7. The smallest absolute Gasteiger partial charge is 0.418 e. The Morgan fingerprint density at radius 2 is 1.04 bits per heavy atom. The van der Waals surface area contributed by atoms with Crippen molar-refractivity contribution >= 4 is 68.6 Å². The summed E-state index contributed by atoms with van der Waals surface area (Å²) < 4.78 is 25.4. The van der Waals surface area contributed by atoms with Crippen molar-refractivity contribution in [1.82, 2.24) is 19.3 Å². The van der Waals surface area contributed by atoms with E-state index in [9.17, 15) is 9.59 Å². The van der Waals surface area contributed by atoms with Gasteiger partial charge in [-0.2, -0.15) is 10.1 Å². The Bertz CT molecular complexity index is 2060. The molecule has 0 aliphatic carbocycles. The molecule has 0 saturated heterocycles. The summed E-state index contributed by atoms with van der Waals surface area (Å²) in [5.74, 6) is 0.334. The fourth-order valence-corrected chi connectivity index (χ4v) is 7.55. The van der Waals surface area contributed by atoms with E-state index in [0.29, 0.717) is 46.7 Å². The zero-order valence-corrected chi connectivity index (χ0v) is 33.7. The molecule has 0 radical (unpaired) electrons. The number of carbonyl (C=O) groups is 2. The number of allylic oxidation sites excluding steroid dienone is 2. The first kappa shape index (κ1) is 40.0. The van der Waals surface area contributed by atoms with E-state index in [2.05, 4.69) is 27.7 Å². The van der Waals surface area contributed by atoms with Crippen molar-refractivity contribution < 1.29 is 33.5 Å². The Kier molecular flexibility index (Phi) is 12.4. The van der Waals surface area contributed by atoms with Gasteiger partial charge in [0.25, 0.3) is 0 Å². The van der Waals surface area contributed by atoms with Crippen LogP contribution in [0.1, 0.15) is 51.7 Å². The second kappa shape index (κ2) is 17.0. The summed E-state index contributed by atoms with van der Waals surface area (Å²) in [5.41, 5.74) is 5.31. The fourth-order valence-electron chi connectivity index (χ4n) is 7.02. The molecule has 13 nitrogen and oxygen atoms in total. The van der Waals surface area contributed by atoms with Gasteiger partial charge in [-0.15, -0.1) is 4.94 Å². The minimum absolute atomic E-state index is 0.167. The summed E-state index contributed by atoms with van der Waals surface area (Å²) in [5, 5.41) is 5.45. The number of hydroxylamine groups is 4. The maximum atomic E-state index is 12.7. The van der Waals surface area contributed by atoms with Gasteiger partial charge < -0.3 is 18.9 Å². The molecule has 2 aromatic heterocycles. The van der Waals surface area contributed by atoms with Crippen LogP contribution in [0, 0.1) is 11.8 Å².